The third-order valence-electron chi connectivity index (χ3n) is 10.4. The average Bonchev–Trinajstić information content (AvgIpc) is 3.21. The van der Waals surface area contributed by atoms with Gasteiger partial charge in [0.25, 0.3) is 0 Å². The SMILES string of the molecule is CCCCCCCCCCOc1ccc(C(OCCc2ccc(N(CCCCS(=O)(=O)[O-])CCCCS(=O)(=O)[O-])cc2)(c2ccccc2)c2ccc(OC)cc2)cc1.[Na+].[Na+]. The Labute approximate surface area is 404 Å². The van der Waals surface area contributed by atoms with Gasteiger partial charge in [0.1, 0.15) is 17.1 Å². The predicted molar refractivity (Wildman–Crippen MR) is 230 cm³/mol. The second-order valence-corrected chi connectivity index (χ2v) is 17.9. The normalized spacial score (nSPS) is 12.5. The predicted octanol–water partition coefficient (Wildman–Crippen LogP) is 3.23. The molecule has 0 aliphatic carbocycles. The minimum absolute atomic E-state index is 0. The molecular weight excluding hydrogens is 821 g/mol. The van der Waals surface area contributed by atoms with Gasteiger partial charge in [-0.1, -0.05) is 119 Å². The van der Waals surface area contributed by atoms with E-state index in [9.17, 15) is 25.9 Å². The summed E-state index contributed by atoms with van der Waals surface area (Å²) in [5.74, 6) is 0.692. The molecule has 318 valence electrons. The smallest absolute Gasteiger partial charge is 0.748 e. The molecule has 0 aromatic heterocycles. The Morgan fingerprint density at radius 1 is 0.550 bits per heavy atom. The van der Waals surface area contributed by atoms with Crippen LogP contribution < -0.4 is 73.5 Å². The van der Waals surface area contributed by atoms with E-state index in [1.54, 1.807) is 7.11 Å². The van der Waals surface area contributed by atoms with Crippen molar-refractivity contribution in [2.75, 3.05) is 49.8 Å². The van der Waals surface area contributed by atoms with Crippen molar-refractivity contribution < 1.29 is 99.3 Å². The Balaban J connectivity index is 0.00000620. The number of benzene rings is 4. The van der Waals surface area contributed by atoms with Gasteiger partial charge in [-0.15, -0.1) is 0 Å². The summed E-state index contributed by atoms with van der Waals surface area (Å²) in [7, 11) is -6.97. The van der Waals surface area contributed by atoms with E-state index >= 15 is 0 Å². The molecule has 4 aromatic rings. The van der Waals surface area contributed by atoms with Crippen LogP contribution in [0.15, 0.2) is 103 Å². The van der Waals surface area contributed by atoms with Gasteiger partial charge < -0.3 is 28.2 Å². The summed E-state index contributed by atoms with van der Waals surface area (Å²) < 4.78 is 85.6. The topological polar surface area (TPSA) is 145 Å². The van der Waals surface area contributed by atoms with E-state index in [0.29, 0.717) is 45.6 Å². The Morgan fingerprint density at radius 2 is 1.03 bits per heavy atom. The molecule has 0 aliphatic rings. The third-order valence-corrected chi connectivity index (χ3v) is 11.9. The van der Waals surface area contributed by atoms with E-state index < -0.39 is 37.3 Å². The van der Waals surface area contributed by atoms with Gasteiger partial charge in [-0.2, -0.15) is 0 Å². The fourth-order valence-corrected chi connectivity index (χ4v) is 8.30. The van der Waals surface area contributed by atoms with Crippen molar-refractivity contribution in [3.63, 3.8) is 0 Å². The fraction of sp³-hybridized carbons (Fsp3) is 0.478. The van der Waals surface area contributed by atoms with Gasteiger partial charge in [-0.3, -0.25) is 0 Å². The standard InChI is InChI=1S/C46H63NO9S2.2Na/c1-3-4-5-6-7-8-9-15-35-55-45-30-24-42(25-31-45)46(40-18-11-10-12-19-40,41-22-28-44(54-2)29-23-41)56-36-32-39-20-26-43(27-21-39)47(33-13-16-37-57(48,49)50)34-14-17-38-58(51,52)53;;/h10-12,18-31H,3-9,13-17,32-38H2,1-2H3,(H,48,49,50)(H,51,52,53);;/q;2*+1/p-2. The summed E-state index contributed by atoms with van der Waals surface area (Å²) in [6.45, 7) is 4.27. The number of methoxy groups -OCH3 is 1. The van der Waals surface area contributed by atoms with Crippen molar-refractivity contribution in [1.29, 1.82) is 0 Å². The number of unbranched alkanes of at least 4 members (excludes halogenated alkanes) is 9. The summed E-state index contributed by atoms with van der Waals surface area (Å²) >= 11 is 0. The molecule has 0 heterocycles. The van der Waals surface area contributed by atoms with Crippen LogP contribution in [0.4, 0.5) is 5.69 Å². The molecule has 0 aliphatic heterocycles. The zero-order chi connectivity index (χ0) is 41.7. The fourth-order valence-electron chi connectivity index (χ4n) is 7.19. The van der Waals surface area contributed by atoms with Crippen LogP contribution in [-0.2, 0) is 37.0 Å². The zero-order valence-electron chi connectivity index (χ0n) is 36.2. The van der Waals surface area contributed by atoms with Crippen LogP contribution in [0.2, 0.25) is 0 Å². The van der Waals surface area contributed by atoms with Crippen LogP contribution in [0.1, 0.15) is 106 Å². The first-order valence-electron chi connectivity index (χ1n) is 20.7. The van der Waals surface area contributed by atoms with Gasteiger partial charge in [0.15, 0.2) is 0 Å². The van der Waals surface area contributed by atoms with E-state index in [0.717, 1.165) is 45.9 Å². The quantitative estimate of drug-likeness (QED) is 0.0345. The molecule has 0 saturated heterocycles. The van der Waals surface area contributed by atoms with Crippen LogP contribution >= 0.6 is 0 Å². The molecule has 4 aromatic carbocycles. The van der Waals surface area contributed by atoms with Crippen LogP contribution in [0.3, 0.4) is 0 Å². The summed E-state index contributed by atoms with van der Waals surface area (Å²) in [5, 5.41) is 0. The molecule has 60 heavy (non-hydrogen) atoms. The Bertz CT molecular complexity index is 1930. The van der Waals surface area contributed by atoms with Crippen LogP contribution in [0, 0.1) is 0 Å². The molecule has 1 unspecified atom stereocenters. The molecule has 0 saturated carbocycles. The largest absolute Gasteiger partial charge is 1.00 e. The molecule has 0 bridgehead atoms. The Kier molecular flexibility index (Phi) is 25.9. The molecular formula is C46H61NNa2O9S2. The Hall–Kier alpha value is -1.94. The van der Waals surface area contributed by atoms with E-state index in [-0.39, 0.29) is 72.0 Å². The minimum atomic E-state index is -4.31. The number of rotatable bonds is 29. The van der Waals surface area contributed by atoms with Gasteiger partial charge in [0.05, 0.1) is 40.6 Å². The van der Waals surface area contributed by atoms with E-state index in [1.807, 2.05) is 83.8 Å². The third kappa shape index (κ3) is 19.2. The van der Waals surface area contributed by atoms with Crippen molar-refractivity contribution >= 4 is 25.9 Å². The number of hydrogen-bond donors (Lipinski definition) is 0. The van der Waals surface area contributed by atoms with Crippen molar-refractivity contribution in [3.8, 4) is 11.5 Å². The van der Waals surface area contributed by atoms with Crippen molar-refractivity contribution in [2.24, 2.45) is 0 Å². The maximum absolute atomic E-state index is 11.1. The van der Waals surface area contributed by atoms with E-state index in [1.165, 1.54) is 44.9 Å². The molecule has 0 spiro atoms. The average molecular weight is 882 g/mol. The van der Waals surface area contributed by atoms with Crippen molar-refractivity contribution in [2.45, 2.75) is 96.0 Å². The first kappa shape index (κ1) is 54.2. The minimum Gasteiger partial charge on any atom is -0.748 e. The van der Waals surface area contributed by atoms with Gasteiger partial charge in [0, 0.05) is 30.3 Å². The molecule has 0 fully saturated rings. The van der Waals surface area contributed by atoms with E-state index in [2.05, 4.69) is 31.2 Å². The van der Waals surface area contributed by atoms with Crippen molar-refractivity contribution in [1.82, 2.24) is 0 Å². The van der Waals surface area contributed by atoms with Crippen molar-refractivity contribution in [3.05, 3.63) is 125 Å². The Morgan fingerprint density at radius 3 is 1.53 bits per heavy atom. The maximum Gasteiger partial charge on any atom is 1.00 e. The second-order valence-electron chi connectivity index (χ2n) is 14.8. The number of nitrogens with zero attached hydrogens (tertiary/aromatic N) is 1. The summed E-state index contributed by atoms with van der Waals surface area (Å²) in [6.07, 6.45) is 11.9. The van der Waals surface area contributed by atoms with Crippen LogP contribution in [0.5, 0.6) is 11.5 Å². The molecule has 1 atom stereocenters. The first-order valence-corrected chi connectivity index (χ1v) is 23.9. The molecule has 0 N–H and O–H groups in total. The number of anilines is 1. The summed E-state index contributed by atoms with van der Waals surface area (Å²) in [4.78, 5) is 2.03. The molecule has 4 rings (SSSR count). The molecule has 0 radical (unpaired) electrons. The summed E-state index contributed by atoms with van der Waals surface area (Å²) in [6, 6.07) is 34.4. The van der Waals surface area contributed by atoms with E-state index in [4.69, 9.17) is 14.2 Å². The van der Waals surface area contributed by atoms with Gasteiger partial charge >= 0.3 is 59.1 Å². The van der Waals surface area contributed by atoms with Crippen LogP contribution in [-0.4, -0.2) is 70.9 Å². The van der Waals surface area contributed by atoms with Gasteiger partial charge in [-0.25, -0.2) is 16.8 Å². The maximum atomic E-state index is 11.1. The molecule has 0 amide bonds. The van der Waals surface area contributed by atoms with Gasteiger partial charge in [-0.05, 0) is 97.2 Å². The zero-order valence-corrected chi connectivity index (χ0v) is 41.8. The summed E-state index contributed by atoms with van der Waals surface area (Å²) in [5.41, 5.74) is 3.86. The molecule has 10 nitrogen and oxygen atoms in total. The molecule has 14 heteroatoms. The number of ether oxygens (including phenoxy) is 3. The van der Waals surface area contributed by atoms with Crippen LogP contribution in [0.25, 0.3) is 0 Å². The second kappa shape index (κ2) is 28.7. The van der Waals surface area contributed by atoms with Gasteiger partial charge in [0.2, 0.25) is 0 Å². The monoisotopic (exact) mass is 881 g/mol. The number of hydrogen-bond acceptors (Lipinski definition) is 10. The first-order chi connectivity index (χ1) is 27.9.